The summed E-state index contributed by atoms with van der Waals surface area (Å²) in [6.45, 7) is 0. The average Bonchev–Trinajstić information content (AvgIpc) is 2.46. The van der Waals surface area contributed by atoms with Gasteiger partial charge < -0.3 is 19.5 Å². The van der Waals surface area contributed by atoms with Crippen molar-refractivity contribution in [3.63, 3.8) is 0 Å². The van der Waals surface area contributed by atoms with Crippen molar-refractivity contribution in [2.45, 2.75) is 12.1 Å². The van der Waals surface area contributed by atoms with Crippen molar-refractivity contribution >= 4 is 23.6 Å². The molecule has 20 heavy (non-hydrogen) atoms. The number of carbonyl (C=O) groups is 3. The van der Waals surface area contributed by atoms with Crippen LogP contribution in [0.2, 0.25) is 0 Å². The van der Waals surface area contributed by atoms with Crippen LogP contribution in [0.15, 0.2) is 24.3 Å². The Kier molecular flexibility index (Phi) is 3.60. The van der Waals surface area contributed by atoms with E-state index in [0.29, 0.717) is 5.69 Å². The zero-order chi connectivity index (χ0) is 14.8. The monoisotopic (exact) mass is 279 g/mol. The highest BCUT2D eigenvalue weighted by atomic mass is 16.6. The molecular formula is C13H13NO6. The number of fused-ring (bicyclic) bond motifs is 1. The molecule has 0 saturated heterocycles. The van der Waals surface area contributed by atoms with Gasteiger partial charge in [-0.25, -0.2) is 9.59 Å². The number of esters is 3. The largest absolute Gasteiger partial charge is 0.469 e. The number of nitrogens with one attached hydrogen (secondary N) is 1. The Labute approximate surface area is 114 Å². The van der Waals surface area contributed by atoms with Gasteiger partial charge >= 0.3 is 17.9 Å². The zero-order valence-corrected chi connectivity index (χ0v) is 11.0. The maximum Gasteiger partial charge on any atom is 0.372 e. The second kappa shape index (κ2) is 5.20. The fourth-order valence-electron chi connectivity index (χ4n) is 1.91. The van der Waals surface area contributed by atoms with Crippen LogP contribution in [0.5, 0.6) is 0 Å². The van der Waals surface area contributed by atoms with E-state index in [0.717, 1.165) is 7.11 Å². The summed E-state index contributed by atoms with van der Waals surface area (Å²) in [6, 6.07) is 6.49. The Morgan fingerprint density at radius 1 is 1.25 bits per heavy atom. The lowest BCUT2D eigenvalue weighted by Gasteiger charge is -2.35. The molecule has 7 nitrogen and oxygen atoms in total. The number of anilines is 1. The molecule has 0 saturated carbocycles. The van der Waals surface area contributed by atoms with Crippen LogP contribution >= 0.6 is 0 Å². The molecule has 7 heteroatoms. The highest BCUT2D eigenvalue weighted by molar-refractivity contribution is 6.02. The molecule has 0 radical (unpaired) electrons. The topological polar surface area (TPSA) is 90.9 Å². The van der Waals surface area contributed by atoms with E-state index in [1.54, 1.807) is 24.3 Å². The van der Waals surface area contributed by atoms with Gasteiger partial charge in [0.05, 0.1) is 25.5 Å². The summed E-state index contributed by atoms with van der Waals surface area (Å²) in [5.41, 5.74) is -1.25. The minimum absolute atomic E-state index is 0.275. The van der Waals surface area contributed by atoms with Gasteiger partial charge in [-0.3, -0.25) is 4.79 Å². The van der Waals surface area contributed by atoms with Gasteiger partial charge in [0.15, 0.2) is 0 Å². The van der Waals surface area contributed by atoms with Crippen LogP contribution in [-0.4, -0.2) is 37.9 Å². The summed E-state index contributed by atoms with van der Waals surface area (Å²) in [5, 5.41) is 2.74. The first kappa shape index (κ1) is 13.9. The van der Waals surface area contributed by atoms with Crippen molar-refractivity contribution in [1.29, 1.82) is 0 Å². The van der Waals surface area contributed by atoms with Crippen molar-refractivity contribution in [1.82, 2.24) is 0 Å². The molecule has 1 aromatic carbocycles. The summed E-state index contributed by atoms with van der Waals surface area (Å²) in [4.78, 5) is 35.4. The maximum atomic E-state index is 12.0. The van der Waals surface area contributed by atoms with E-state index < -0.39 is 30.1 Å². The Bertz CT molecular complexity index is 570. The number of hydrogen-bond acceptors (Lipinski definition) is 7. The number of rotatable bonds is 3. The molecule has 106 valence electrons. The molecule has 0 bridgehead atoms. The van der Waals surface area contributed by atoms with Crippen LogP contribution in [0, 0.1) is 0 Å². The van der Waals surface area contributed by atoms with Gasteiger partial charge in [-0.2, -0.15) is 0 Å². The molecule has 0 unspecified atom stereocenters. The summed E-state index contributed by atoms with van der Waals surface area (Å²) in [6.07, 6.45) is -0.490. The minimum atomic E-state index is -1.91. The molecule has 0 aliphatic carbocycles. The summed E-state index contributed by atoms with van der Waals surface area (Å²) >= 11 is 0. The molecule has 1 N–H and O–H groups in total. The van der Waals surface area contributed by atoms with Crippen molar-refractivity contribution in [3.05, 3.63) is 29.8 Å². The highest BCUT2D eigenvalue weighted by Gasteiger charge is 2.50. The molecule has 0 amide bonds. The molecule has 0 spiro atoms. The van der Waals surface area contributed by atoms with Gasteiger partial charge in [0.1, 0.15) is 6.42 Å². The molecule has 1 heterocycles. The summed E-state index contributed by atoms with van der Waals surface area (Å²) < 4.78 is 14.2. The fourth-order valence-corrected chi connectivity index (χ4v) is 1.91. The molecule has 0 aromatic heterocycles. The number of hydrogen-bond donors (Lipinski definition) is 1. The van der Waals surface area contributed by atoms with Gasteiger partial charge in [0.25, 0.3) is 5.72 Å². The third-order valence-corrected chi connectivity index (χ3v) is 2.89. The van der Waals surface area contributed by atoms with E-state index in [2.05, 4.69) is 14.8 Å². The lowest BCUT2D eigenvalue weighted by atomic mass is 10.0. The van der Waals surface area contributed by atoms with Gasteiger partial charge in [0.2, 0.25) is 0 Å². The van der Waals surface area contributed by atoms with Crippen LogP contribution in [0.1, 0.15) is 16.8 Å². The van der Waals surface area contributed by atoms with Crippen LogP contribution in [0.25, 0.3) is 0 Å². The summed E-state index contributed by atoms with van der Waals surface area (Å²) in [5.74, 6) is -2.31. The molecule has 2 rings (SSSR count). The Hall–Kier alpha value is -2.57. The van der Waals surface area contributed by atoms with Crippen LogP contribution in [-0.2, 0) is 23.8 Å². The molecule has 1 aliphatic heterocycles. The zero-order valence-electron chi connectivity index (χ0n) is 11.0. The van der Waals surface area contributed by atoms with E-state index >= 15 is 0 Å². The molecular weight excluding hydrogens is 266 g/mol. The lowest BCUT2D eigenvalue weighted by molar-refractivity contribution is -0.167. The number of ether oxygens (including phenoxy) is 3. The maximum absolute atomic E-state index is 12.0. The van der Waals surface area contributed by atoms with Crippen molar-refractivity contribution < 1.29 is 28.6 Å². The van der Waals surface area contributed by atoms with E-state index in [4.69, 9.17) is 4.74 Å². The van der Waals surface area contributed by atoms with Crippen molar-refractivity contribution in [2.75, 3.05) is 19.5 Å². The van der Waals surface area contributed by atoms with Gasteiger partial charge in [-0.15, -0.1) is 0 Å². The third-order valence-electron chi connectivity index (χ3n) is 2.89. The first-order chi connectivity index (χ1) is 9.52. The van der Waals surface area contributed by atoms with Crippen LogP contribution in [0.3, 0.4) is 0 Å². The Balaban J connectivity index is 2.42. The van der Waals surface area contributed by atoms with Crippen LogP contribution < -0.4 is 5.32 Å². The Morgan fingerprint density at radius 2 is 1.95 bits per heavy atom. The van der Waals surface area contributed by atoms with Gasteiger partial charge in [-0.1, -0.05) is 12.1 Å². The predicted molar refractivity (Wildman–Crippen MR) is 66.9 cm³/mol. The van der Waals surface area contributed by atoms with Crippen LogP contribution in [0.4, 0.5) is 5.69 Å². The third kappa shape index (κ3) is 2.29. The number of methoxy groups -OCH3 is 2. The molecule has 0 fully saturated rings. The van der Waals surface area contributed by atoms with E-state index in [9.17, 15) is 14.4 Å². The summed E-state index contributed by atoms with van der Waals surface area (Å²) in [7, 11) is 2.31. The van der Waals surface area contributed by atoms with E-state index in [1.807, 2.05) is 0 Å². The van der Waals surface area contributed by atoms with E-state index in [-0.39, 0.29) is 5.56 Å². The average molecular weight is 279 g/mol. The first-order valence-electron chi connectivity index (χ1n) is 5.78. The normalized spacial score (nSPS) is 20.2. The molecule has 1 aliphatic rings. The van der Waals surface area contributed by atoms with Crippen molar-refractivity contribution in [2.24, 2.45) is 0 Å². The number of carbonyl (C=O) groups excluding carboxylic acids is 3. The van der Waals surface area contributed by atoms with Crippen molar-refractivity contribution in [3.8, 4) is 0 Å². The molecule has 1 aromatic rings. The number of cyclic esters (lactones) is 1. The quantitative estimate of drug-likeness (QED) is 0.643. The standard InChI is InChI=1S/C13H13NO6/c1-18-10(15)7-13(12(17)19-2)14-9-6-4-3-5-8(9)11(16)20-13/h3-6,14H,7H2,1-2H3/t13-/m0/s1. The predicted octanol–water partition coefficient (Wildman–Crippen LogP) is 0.701. The van der Waals surface area contributed by atoms with Gasteiger partial charge in [0, 0.05) is 0 Å². The smallest absolute Gasteiger partial charge is 0.372 e. The Morgan fingerprint density at radius 3 is 2.60 bits per heavy atom. The number of benzene rings is 1. The second-order valence-electron chi connectivity index (χ2n) is 4.13. The second-order valence-corrected chi connectivity index (χ2v) is 4.13. The fraction of sp³-hybridized carbons (Fsp3) is 0.308. The number of para-hydroxylation sites is 1. The lowest BCUT2D eigenvalue weighted by Crippen LogP contribution is -2.55. The highest BCUT2D eigenvalue weighted by Crippen LogP contribution is 2.31. The van der Waals surface area contributed by atoms with E-state index in [1.165, 1.54) is 7.11 Å². The SMILES string of the molecule is COC(=O)C[C@]1(C(=O)OC)Nc2ccccc2C(=O)O1. The minimum Gasteiger partial charge on any atom is -0.469 e. The molecule has 1 atom stereocenters. The van der Waals surface area contributed by atoms with Gasteiger partial charge in [-0.05, 0) is 12.1 Å². The first-order valence-corrected chi connectivity index (χ1v) is 5.78.